The number of nitrogen functional groups attached to an aromatic ring is 2. The zero-order chi connectivity index (χ0) is 30.8. The number of H-pyrrole nitrogens is 3. The van der Waals surface area contributed by atoms with Gasteiger partial charge in [-0.3, -0.25) is 38.2 Å². The SMILES string of the molecule is Nc1nc2c(ncn2[C@@H]2O[C@H](COP(=O)(O)OC[C@H]3O[C@@H](n4c(=O)[nH]c5c(=O)[nH]c(N)nc54)C[C@@H]3O)[C@@H](O)[C@H]2O)c(=O)[nH]1. The molecule has 232 valence electrons. The van der Waals surface area contributed by atoms with Crippen molar-refractivity contribution in [3.8, 4) is 0 Å². The van der Waals surface area contributed by atoms with Gasteiger partial charge in [0.2, 0.25) is 11.9 Å². The average Bonchev–Trinajstić information content (AvgIpc) is 3.67. The van der Waals surface area contributed by atoms with Gasteiger partial charge >= 0.3 is 13.5 Å². The van der Waals surface area contributed by atoms with Gasteiger partial charge in [-0.15, -0.1) is 0 Å². The van der Waals surface area contributed by atoms with Gasteiger partial charge in [-0.2, -0.15) is 9.97 Å². The van der Waals surface area contributed by atoms with Crippen molar-refractivity contribution in [2.24, 2.45) is 0 Å². The van der Waals surface area contributed by atoms with Crippen molar-refractivity contribution in [3.63, 3.8) is 0 Å². The highest BCUT2D eigenvalue weighted by atomic mass is 31.2. The Kier molecular flexibility index (Phi) is 7.19. The van der Waals surface area contributed by atoms with Crippen molar-refractivity contribution >= 4 is 42.0 Å². The van der Waals surface area contributed by atoms with Crippen LogP contribution in [0.5, 0.6) is 0 Å². The van der Waals surface area contributed by atoms with Crippen molar-refractivity contribution in [2.45, 2.75) is 49.4 Å². The predicted octanol–water partition coefficient (Wildman–Crippen LogP) is -3.89. The van der Waals surface area contributed by atoms with E-state index < -0.39 is 80.8 Å². The van der Waals surface area contributed by atoms with E-state index in [9.17, 15) is 39.2 Å². The van der Waals surface area contributed by atoms with Gasteiger partial charge in [0.1, 0.15) is 30.6 Å². The molecule has 2 aliphatic rings. The molecule has 43 heavy (non-hydrogen) atoms. The lowest BCUT2D eigenvalue weighted by Gasteiger charge is -2.20. The molecule has 22 nitrogen and oxygen atoms in total. The van der Waals surface area contributed by atoms with Crippen LogP contribution >= 0.6 is 7.82 Å². The van der Waals surface area contributed by atoms with Crippen LogP contribution in [0.25, 0.3) is 22.3 Å². The normalized spacial score (nSPS) is 29.1. The fourth-order valence-corrected chi connectivity index (χ4v) is 5.66. The highest BCUT2D eigenvalue weighted by Crippen LogP contribution is 2.45. The van der Waals surface area contributed by atoms with Crippen molar-refractivity contribution in [1.29, 1.82) is 0 Å². The van der Waals surface area contributed by atoms with Crippen LogP contribution in [0.3, 0.4) is 0 Å². The highest BCUT2D eigenvalue weighted by molar-refractivity contribution is 7.47. The van der Waals surface area contributed by atoms with E-state index in [0.717, 1.165) is 15.5 Å². The molecule has 1 unspecified atom stereocenters. The number of fused-ring (bicyclic) bond motifs is 2. The first kappa shape index (κ1) is 29.1. The molecule has 23 heteroatoms. The van der Waals surface area contributed by atoms with E-state index in [1.54, 1.807) is 0 Å². The number of nitrogens with two attached hydrogens (primary N) is 2. The van der Waals surface area contributed by atoms with Crippen LogP contribution in [-0.2, 0) is 23.1 Å². The summed E-state index contributed by atoms with van der Waals surface area (Å²) in [5, 5.41) is 31.4. The summed E-state index contributed by atoms with van der Waals surface area (Å²) in [4.78, 5) is 65.4. The Hall–Kier alpha value is -3.99. The minimum Gasteiger partial charge on any atom is -0.390 e. The molecule has 0 aliphatic carbocycles. The summed E-state index contributed by atoms with van der Waals surface area (Å²) in [7, 11) is -4.85. The number of aliphatic hydroxyl groups excluding tert-OH is 3. The maximum atomic E-state index is 12.6. The maximum Gasteiger partial charge on any atom is 0.472 e. The third kappa shape index (κ3) is 5.24. The summed E-state index contributed by atoms with van der Waals surface area (Å²) < 4.78 is 35.8. The molecule has 2 aliphatic heterocycles. The van der Waals surface area contributed by atoms with E-state index in [2.05, 4.69) is 29.9 Å². The minimum atomic E-state index is -4.85. The molecule has 2 saturated heterocycles. The molecule has 11 N–H and O–H groups in total. The molecule has 0 saturated carbocycles. The number of phosphoric ester groups is 1. The van der Waals surface area contributed by atoms with Crippen LogP contribution in [0.15, 0.2) is 20.7 Å². The molecule has 0 amide bonds. The number of aliphatic hydroxyl groups is 3. The second-order valence-electron chi connectivity index (χ2n) is 9.76. The van der Waals surface area contributed by atoms with Crippen molar-refractivity contribution in [3.05, 3.63) is 37.5 Å². The van der Waals surface area contributed by atoms with Crippen molar-refractivity contribution in [1.82, 2.24) is 39.0 Å². The molecule has 6 rings (SSSR count). The zero-order valence-electron chi connectivity index (χ0n) is 21.6. The van der Waals surface area contributed by atoms with Gasteiger partial charge in [0, 0.05) is 6.42 Å². The molecule has 4 aromatic rings. The Labute approximate surface area is 236 Å². The van der Waals surface area contributed by atoms with E-state index >= 15 is 0 Å². The fourth-order valence-electron chi connectivity index (χ4n) is 4.92. The van der Waals surface area contributed by atoms with Gasteiger partial charge in [-0.05, 0) is 0 Å². The van der Waals surface area contributed by atoms with Crippen LogP contribution in [-0.4, -0.2) is 103 Å². The van der Waals surface area contributed by atoms with Crippen LogP contribution in [0, 0.1) is 0 Å². The van der Waals surface area contributed by atoms with E-state index in [1.807, 2.05) is 0 Å². The molecule has 2 fully saturated rings. The zero-order valence-corrected chi connectivity index (χ0v) is 22.5. The fraction of sp³-hybridized carbons (Fsp3) is 0.500. The van der Waals surface area contributed by atoms with Crippen LogP contribution < -0.4 is 28.3 Å². The second kappa shape index (κ2) is 10.6. The molecule has 0 radical (unpaired) electrons. The Morgan fingerprint density at radius 1 is 0.953 bits per heavy atom. The Balaban J connectivity index is 1.08. The number of aromatic nitrogens is 8. The molecule has 8 atom stereocenters. The van der Waals surface area contributed by atoms with Gasteiger partial charge in [0.25, 0.3) is 11.1 Å². The number of phosphoric acid groups is 1. The lowest BCUT2D eigenvalue weighted by molar-refractivity contribution is -0.0591. The van der Waals surface area contributed by atoms with E-state index in [4.69, 9.17) is 30.0 Å². The van der Waals surface area contributed by atoms with E-state index in [1.165, 1.54) is 0 Å². The summed E-state index contributed by atoms with van der Waals surface area (Å²) in [6.45, 7) is -1.39. The Morgan fingerprint density at radius 2 is 1.60 bits per heavy atom. The number of ether oxygens (including phenoxy) is 2. The van der Waals surface area contributed by atoms with Gasteiger partial charge in [0.05, 0.1) is 25.6 Å². The molecule has 6 heterocycles. The van der Waals surface area contributed by atoms with Gasteiger partial charge in [-0.1, -0.05) is 0 Å². The van der Waals surface area contributed by atoms with Crippen LogP contribution in [0.1, 0.15) is 18.9 Å². The number of rotatable bonds is 8. The largest absolute Gasteiger partial charge is 0.472 e. The van der Waals surface area contributed by atoms with Gasteiger partial charge in [-0.25, -0.2) is 18.9 Å². The number of imidazole rings is 2. The van der Waals surface area contributed by atoms with E-state index in [0.29, 0.717) is 0 Å². The molecule has 0 spiro atoms. The van der Waals surface area contributed by atoms with Crippen molar-refractivity contribution < 1.29 is 43.3 Å². The third-order valence-corrected chi connectivity index (χ3v) is 7.91. The first-order chi connectivity index (χ1) is 20.3. The first-order valence-corrected chi connectivity index (χ1v) is 14.0. The summed E-state index contributed by atoms with van der Waals surface area (Å²) in [5.41, 5.74) is 8.62. The maximum absolute atomic E-state index is 12.6. The minimum absolute atomic E-state index is 0.0374. The molecule has 4 aromatic heterocycles. The Bertz CT molecular complexity index is 1920. The number of anilines is 2. The second-order valence-corrected chi connectivity index (χ2v) is 11.2. The summed E-state index contributed by atoms with van der Waals surface area (Å²) >= 11 is 0. The quantitative estimate of drug-likeness (QED) is 0.0842. The Morgan fingerprint density at radius 3 is 2.33 bits per heavy atom. The smallest absolute Gasteiger partial charge is 0.390 e. The third-order valence-electron chi connectivity index (χ3n) is 6.96. The lowest BCUT2D eigenvalue weighted by atomic mass is 10.1. The highest BCUT2D eigenvalue weighted by Gasteiger charge is 2.46. The standard InChI is InChI=1S/C20H25N10O12P/c21-18-25-13-9(15(34)27-18)23-4-29(13)17-12(33)11(32)7(42-17)3-40-43(37,38)39-2-6-5(31)1-8(41-6)30-14-10(24-20(30)36)16(35)28-19(22)26-14/h4-8,11-12,17,31-33H,1-3H2,(H,24,36)(H,37,38)(H3,21,25,27,34)(H3,22,26,28,35)/t5-,6+,7+,8+,11+,12+,17+/m0/s1. The molecule has 0 bridgehead atoms. The number of hydrogen-bond acceptors (Lipinski definition) is 16. The summed E-state index contributed by atoms with van der Waals surface area (Å²) in [6.07, 6.45) is -8.46. The predicted molar refractivity (Wildman–Crippen MR) is 140 cm³/mol. The number of nitrogens with zero attached hydrogens (tertiary/aromatic N) is 5. The van der Waals surface area contributed by atoms with Gasteiger partial charge < -0.3 is 41.2 Å². The van der Waals surface area contributed by atoms with Crippen LogP contribution in [0.4, 0.5) is 11.9 Å². The van der Waals surface area contributed by atoms with E-state index in [-0.39, 0.29) is 40.6 Å². The molecule has 0 aromatic carbocycles. The monoisotopic (exact) mass is 628 g/mol. The first-order valence-electron chi connectivity index (χ1n) is 12.5. The lowest BCUT2D eigenvalue weighted by Crippen LogP contribution is -2.33. The number of aromatic amines is 3. The topological polar surface area (TPSA) is 334 Å². The number of hydrogen-bond donors (Lipinski definition) is 9. The van der Waals surface area contributed by atoms with Crippen molar-refractivity contribution in [2.75, 3.05) is 24.7 Å². The summed E-state index contributed by atoms with van der Waals surface area (Å²) in [6, 6.07) is 0. The average molecular weight is 628 g/mol. The molecular weight excluding hydrogens is 603 g/mol. The molecular formula is C20H25N10O12P. The summed E-state index contributed by atoms with van der Waals surface area (Å²) in [5.74, 6) is -0.481. The number of nitrogens with one attached hydrogen (secondary N) is 3. The van der Waals surface area contributed by atoms with Crippen LogP contribution in [0.2, 0.25) is 0 Å². The van der Waals surface area contributed by atoms with Gasteiger partial charge in [0.15, 0.2) is 28.6 Å².